The first kappa shape index (κ1) is 54.1. The van der Waals surface area contributed by atoms with Crippen molar-refractivity contribution in [2.75, 3.05) is 46.9 Å². The molecule has 5 rings (SSSR count). The molecule has 1 unspecified atom stereocenters. The van der Waals surface area contributed by atoms with Crippen molar-refractivity contribution in [3.63, 3.8) is 0 Å². The summed E-state index contributed by atoms with van der Waals surface area (Å²) in [6.45, 7) is 47.3. The van der Waals surface area contributed by atoms with E-state index in [9.17, 15) is 0 Å². The third-order valence-electron chi connectivity index (χ3n) is 13.2. The summed E-state index contributed by atoms with van der Waals surface area (Å²) < 4.78 is 5.25. The summed E-state index contributed by atoms with van der Waals surface area (Å²) >= 11 is 0. The van der Waals surface area contributed by atoms with Crippen LogP contribution in [0.15, 0.2) is 24.3 Å². The minimum atomic E-state index is 0.323. The average molecular weight is 797 g/mol. The molecule has 1 atom stereocenters. The fraction of sp³-hybridized carbons (Fsp3) is 0.889. The number of benzene rings is 1. The molecule has 3 aliphatic carbocycles. The summed E-state index contributed by atoms with van der Waals surface area (Å²) in [5, 5.41) is 0. The van der Waals surface area contributed by atoms with Crippen LogP contribution in [0.2, 0.25) is 0 Å². The van der Waals surface area contributed by atoms with E-state index >= 15 is 0 Å². The largest absolute Gasteiger partial charge is 0.379 e. The molecule has 1 aromatic rings. The molecule has 0 amide bonds. The molecule has 0 aromatic heterocycles. The van der Waals surface area contributed by atoms with Crippen LogP contribution in [-0.2, 0) is 11.2 Å². The van der Waals surface area contributed by atoms with Gasteiger partial charge in [-0.15, -0.1) is 0 Å². The van der Waals surface area contributed by atoms with Crippen molar-refractivity contribution in [3.05, 3.63) is 35.4 Å². The number of hydrogen-bond donors (Lipinski definition) is 0. The van der Waals surface area contributed by atoms with Gasteiger partial charge in [-0.3, -0.25) is 4.90 Å². The smallest absolute Gasteiger partial charge is 0.0594 e. The lowest BCUT2D eigenvalue weighted by Crippen LogP contribution is -2.47. The zero-order valence-corrected chi connectivity index (χ0v) is 42.6. The SMILES string of the molecule is CC(C)(C)C1CCCCC1.CC(C)(C)C1CCCc2ccccc21.CC(C)(C)N1CCOCC1.CC1CCC(C(C)(C)C)CC1.CN(C)CC(C)(C)CC(C)(C)C. The Bertz CT molecular complexity index is 1150. The van der Waals surface area contributed by atoms with Crippen LogP contribution in [0.4, 0.5) is 0 Å². The second-order valence-electron chi connectivity index (χ2n) is 25.4. The van der Waals surface area contributed by atoms with Gasteiger partial charge in [0.25, 0.3) is 0 Å². The van der Waals surface area contributed by atoms with Crippen LogP contribution in [0.1, 0.15) is 219 Å². The number of hydrogen-bond acceptors (Lipinski definition) is 3. The molecule has 0 spiro atoms. The van der Waals surface area contributed by atoms with Gasteiger partial charge in [0.1, 0.15) is 0 Å². The van der Waals surface area contributed by atoms with E-state index in [1.165, 1.54) is 90.0 Å². The van der Waals surface area contributed by atoms with Gasteiger partial charge in [0.15, 0.2) is 0 Å². The van der Waals surface area contributed by atoms with Crippen molar-refractivity contribution < 1.29 is 4.74 Å². The van der Waals surface area contributed by atoms with Gasteiger partial charge in [-0.05, 0) is 148 Å². The maximum Gasteiger partial charge on any atom is 0.0594 e. The molecule has 0 radical (unpaired) electrons. The molecule has 1 aromatic carbocycles. The number of morpholine rings is 1. The van der Waals surface area contributed by atoms with E-state index in [1.54, 1.807) is 11.1 Å². The quantitative estimate of drug-likeness (QED) is 0.303. The van der Waals surface area contributed by atoms with Crippen LogP contribution in [0, 0.1) is 44.8 Å². The Morgan fingerprint density at radius 2 is 1.09 bits per heavy atom. The molecule has 0 bridgehead atoms. The number of nitrogens with zero attached hydrogens (tertiary/aromatic N) is 2. The predicted octanol–water partition coefficient (Wildman–Crippen LogP) is 15.8. The molecular formula is C54H104N2O. The van der Waals surface area contributed by atoms with Crippen LogP contribution in [-0.4, -0.2) is 62.3 Å². The van der Waals surface area contributed by atoms with Crippen molar-refractivity contribution >= 4 is 0 Å². The minimum Gasteiger partial charge on any atom is -0.379 e. The van der Waals surface area contributed by atoms with Crippen molar-refractivity contribution in [2.24, 2.45) is 44.8 Å². The Balaban J connectivity index is 0.000000359. The van der Waals surface area contributed by atoms with E-state index < -0.39 is 0 Å². The monoisotopic (exact) mass is 797 g/mol. The van der Waals surface area contributed by atoms with E-state index in [0.717, 1.165) is 50.0 Å². The molecule has 2 saturated carbocycles. The van der Waals surface area contributed by atoms with Crippen molar-refractivity contribution in [2.45, 2.75) is 220 Å². The highest BCUT2D eigenvalue weighted by atomic mass is 16.5. The standard InChI is InChI=1S/C14H20.C11H25N.C11H22.C10H20.C8H17NO/c1-14(2,3)13-10-6-8-11-7-4-5-9-12(11)13;1-10(2,3)8-11(4,5)9-12(6)7;1-9-5-7-10(8-6-9)11(2,3)4;1-10(2,3)9-7-5-4-6-8-9;1-8(2,3)9-4-6-10-7-5-9/h4-5,7,9,13H,6,8,10H2,1-3H3;8-9H2,1-7H3;9-10H,5-8H2,1-4H3;9H,4-8H2,1-3H3;4-7H2,1-3H3. The van der Waals surface area contributed by atoms with Crippen LogP contribution in [0.3, 0.4) is 0 Å². The topological polar surface area (TPSA) is 15.7 Å². The second-order valence-corrected chi connectivity index (χ2v) is 25.4. The second kappa shape index (κ2) is 23.9. The van der Waals surface area contributed by atoms with Gasteiger partial charge in [0, 0.05) is 25.2 Å². The number of fused-ring (bicyclic) bond motifs is 1. The zero-order chi connectivity index (χ0) is 43.9. The lowest BCUT2D eigenvalue weighted by molar-refractivity contribution is -0.00389. The molecule has 1 heterocycles. The molecule has 336 valence electrons. The Labute approximate surface area is 360 Å². The number of ether oxygens (including phenoxy) is 1. The maximum atomic E-state index is 5.25. The lowest BCUT2D eigenvalue weighted by atomic mass is 9.69. The van der Waals surface area contributed by atoms with Crippen LogP contribution >= 0.6 is 0 Å². The summed E-state index contributed by atoms with van der Waals surface area (Å²) in [5.74, 6) is 3.74. The molecule has 3 nitrogen and oxygen atoms in total. The fourth-order valence-corrected chi connectivity index (χ4v) is 10.3. The molecule has 1 saturated heterocycles. The van der Waals surface area contributed by atoms with Gasteiger partial charge in [-0.2, -0.15) is 0 Å². The van der Waals surface area contributed by atoms with Gasteiger partial charge in [0.05, 0.1) is 13.2 Å². The summed E-state index contributed by atoms with van der Waals surface area (Å²) in [4.78, 5) is 4.72. The van der Waals surface area contributed by atoms with Gasteiger partial charge in [-0.25, -0.2) is 0 Å². The van der Waals surface area contributed by atoms with Gasteiger partial charge >= 0.3 is 0 Å². The highest BCUT2D eigenvalue weighted by molar-refractivity contribution is 5.33. The van der Waals surface area contributed by atoms with Gasteiger partial charge in [-0.1, -0.05) is 160 Å². The highest BCUT2D eigenvalue weighted by Gasteiger charge is 2.31. The predicted molar refractivity (Wildman–Crippen MR) is 257 cm³/mol. The Morgan fingerprint density at radius 3 is 1.49 bits per heavy atom. The van der Waals surface area contributed by atoms with E-state index in [2.05, 4.69) is 173 Å². The first-order valence-electron chi connectivity index (χ1n) is 24.0. The lowest BCUT2D eigenvalue weighted by Gasteiger charge is -2.38. The third kappa shape index (κ3) is 23.6. The Hall–Kier alpha value is -0.900. The van der Waals surface area contributed by atoms with Crippen LogP contribution in [0.25, 0.3) is 0 Å². The molecule has 4 aliphatic rings. The van der Waals surface area contributed by atoms with E-state index in [0.29, 0.717) is 32.6 Å². The van der Waals surface area contributed by atoms with Crippen LogP contribution < -0.4 is 0 Å². The van der Waals surface area contributed by atoms with E-state index in [1.807, 2.05) is 0 Å². The fourth-order valence-electron chi connectivity index (χ4n) is 10.3. The highest BCUT2D eigenvalue weighted by Crippen LogP contribution is 2.43. The Morgan fingerprint density at radius 1 is 0.596 bits per heavy atom. The van der Waals surface area contributed by atoms with Crippen LogP contribution in [0.5, 0.6) is 0 Å². The van der Waals surface area contributed by atoms with Gasteiger partial charge < -0.3 is 9.64 Å². The molecule has 0 N–H and O–H groups in total. The molecule has 3 fully saturated rings. The summed E-state index contributed by atoms with van der Waals surface area (Å²) in [7, 11) is 4.29. The number of rotatable bonds is 3. The molecule has 57 heavy (non-hydrogen) atoms. The van der Waals surface area contributed by atoms with Crippen molar-refractivity contribution in [3.8, 4) is 0 Å². The third-order valence-corrected chi connectivity index (χ3v) is 13.2. The first-order chi connectivity index (χ1) is 25.9. The van der Waals surface area contributed by atoms with Crippen molar-refractivity contribution in [1.82, 2.24) is 9.80 Å². The van der Waals surface area contributed by atoms with E-state index in [4.69, 9.17) is 4.74 Å². The summed E-state index contributed by atoms with van der Waals surface area (Å²) in [6, 6.07) is 8.98. The zero-order valence-electron chi connectivity index (χ0n) is 42.6. The molecule has 1 aliphatic heterocycles. The summed E-state index contributed by atoms with van der Waals surface area (Å²) in [5.41, 5.74) is 5.92. The van der Waals surface area contributed by atoms with E-state index in [-0.39, 0.29) is 0 Å². The minimum absolute atomic E-state index is 0.323. The molecular weight excluding hydrogens is 693 g/mol. The maximum absolute atomic E-state index is 5.25. The van der Waals surface area contributed by atoms with Gasteiger partial charge in [0.2, 0.25) is 0 Å². The first-order valence-corrected chi connectivity index (χ1v) is 24.0. The average Bonchev–Trinajstić information content (AvgIpc) is 3.07. The summed E-state index contributed by atoms with van der Waals surface area (Å²) in [6.07, 6.45) is 18.5. The Kier molecular flexibility index (Phi) is 22.7. The normalized spacial score (nSPS) is 22.9. The number of aryl methyl sites for hydroxylation is 1. The van der Waals surface area contributed by atoms with Crippen molar-refractivity contribution in [1.29, 1.82) is 0 Å². The molecule has 3 heteroatoms.